The third kappa shape index (κ3) is 3.23. The minimum atomic E-state index is 0.603. The van der Waals surface area contributed by atoms with Crippen LogP contribution in [-0.4, -0.2) is 41.9 Å². The normalized spacial score (nSPS) is 16.5. The van der Waals surface area contributed by atoms with Gasteiger partial charge in [-0.3, -0.25) is 4.98 Å². The van der Waals surface area contributed by atoms with Crippen LogP contribution in [0.1, 0.15) is 24.1 Å². The van der Waals surface area contributed by atoms with E-state index in [0.29, 0.717) is 5.92 Å². The summed E-state index contributed by atoms with van der Waals surface area (Å²) < 4.78 is 5.36. The number of nitrogens with one attached hydrogen (secondary N) is 1. The number of pyridine rings is 1. The Morgan fingerprint density at radius 1 is 1.11 bits per heavy atom. The third-order valence-corrected chi connectivity index (χ3v) is 5.87. The van der Waals surface area contributed by atoms with Gasteiger partial charge in [-0.2, -0.15) is 5.10 Å². The zero-order valence-corrected chi connectivity index (χ0v) is 16.2. The topological polar surface area (TPSA) is 63.2 Å². The number of hydrogen-bond donors (Lipinski definition) is 1. The van der Waals surface area contributed by atoms with Gasteiger partial charge < -0.3 is 15.0 Å². The van der Waals surface area contributed by atoms with Crippen molar-refractivity contribution < 1.29 is 4.74 Å². The summed E-state index contributed by atoms with van der Waals surface area (Å²) >= 11 is 0. The van der Waals surface area contributed by atoms with Crippen molar-refractivity contribution in [3.63, 3.8) is 0 Å². The third-order valence-electron chi connectivity index (χ3n) is 5.87. The Morgan fingerprint density at radius 3 is 2.89 bits per heavy atom. The Hall–Kier alpha value is -2.89. The molecule has 1 aliphatic carbocycles. The lowest BCUT2D eigenvalue weighted by Gasteiger charge is -2.40. The van der Waals surface area contributed by atoms with Crippen molar-refractivity contribution in [2.45, 2.75) is 25.7 Å². The van der Waals surface area contributed by atoms with Gasteiger partial charge in [0.15, 0.2) is 5.82 Å². The Bertz CT molecular complexity index is 999. The number of hydrogen-bond acceptors (Lipinski definition) is 6. The maximum atomic E-state index is 5.36. The molecule has 0 amide bonds. The van der Waals surface area contributed by atoms with Crippen molar-refractivity contribution in [1.29, 1.82) is 0 Å². The lowest BCUT2D eigenvalue weighted by molar-refractivity contribution is 0.415. The van der Waals surface area contributed by atoms with E-state index in [4.69, 9.17) is 4.74 Å². The first kappa shape index (κ1) is 17.2. The van der Waals surface area contributed by atoms with Crippen molar-refractivity contribution in [2.75, 3.05) is 37.0 Å². The molecule has 0 saturated carbocycles. The van der Waals surface area contributed by atoms with Crippen molar-refractivity contribution in [2.24, 2.45) is 5.92 Å². The molecule has 1 fully saturated rings. The van der Waals surface area contributed by atoms with Crippen molar-refractivity contribution in [1.82, 2.24) is 15.2 Å². The molecular weight excluding hydrogens is 350 g/mol. The summed E-state index contributed by atoms with van der Waals surface area (Å²) in [5.74, 6) is 2.49. The number of aromatic nitrogens is 3. The van der Waals surface area contributed by atoms with Crippen molar-refractivity contribution >= 4 is 22.4 Å². The highest BCUT2D eigenvalue weighted by Crippen LogP contribution is 2.29. The van der Waals surface area contributed by atoms with E-state index in [1.54, 1.807) is 7.11 Å². The minimum Gasteiger partial charge on any atom is -0.497 e. The van der Waals surface area contributed by atoms with Gasteiger partial charge in [-0.05, 0) is 61.6 Å². The first-order valence-electron chi connectivity index (χ1n) is 10.1. The maximum Gasteiger partial charge on any atom is 0.151 e. The molecule has 1 aliphatic heterocycles. The van der Waals surface area contributed by atoms with Crippen LogP contribution in [0, 0.1) is 5.92 Å². The number of methoxy groups -OCH3 is 1. The summed E-state index contributed by atoms with van der Waals surface area (Å²) in [5, 5.41) is 13.6. The molecule has 2 aromatic heterocycles. The van der Waals surface area contributed by atoms with Gasteiger partial charge in [0.2, 0.25) is 0 Å². The lowest BCUT2D eigenvalue weighted by atomic mass is 9.95. The molecule has 2 aliphatic rings. The Kier molecular flexibility index (Phi) is 4.47. The number of fused-ring (bicyclic) bond motifs is 2. The molecule has 28 heavy (non-hydrogen) atoms. The molecule has 0 bridgehead atoms. The Labute approximate surface area is 164 Å². The van der Waals surface area contributed by atoms with E-state index in [-0.39, 0.29) is 0 Å². The molecule has 1 saturated heterocycles. The lowest BCUT2D eigenvalue weighted by Crippen LogP contribution is -2.50. The largest absolute Gasteiger partial charge is 0.497 e. The monoisotopic (exact) mass is 375 g/mol. The van der Waals surface area contributed by atoms with Crippen LogP contribution in [0.4, 0.5) is 11.5 Å². The molecule has 0 unspecified atom stereocenters. The van der Waals surface area contributed by atoms with Gasteiger partial charge in [-0.1, -0.05) is 0 Å². The second-order valence-electron chi connectivity index (χ2n) is 7.78. The second kappa shape index (κ2) is 7.26. The summed E-state index contributed by atoms with van der Waals surface area (Å²) in [6.07, 6.45) is 6.60. The van der Waals surface area contributed by atoms with Gasteiger partial charge >= 0.3 is 0 Å². The van der Waals surface area contributed by atoms with Gasteiger partial charge in [-0.15, -0.1) is 5.10 Å². The molecule has 1 aromatic carbocycles. The van der Waals surface area contributed by atoms with E-state index in [1.165, 1.54) is 24.1 Å². The minimum absolute atomic E-state index is 0.603. The van der Waals surface area contributed by atoms with Crippen LogP contribution in [0.3, 0.4) is 0 Å². The summed E-state index contributed by atoms with van der Waals surface area (Å²) in [6, 6.07) is 10.3. The molecule has 0 atom stereocenters. The highest BCUT2D eigenvalue weighted by atomic mass is 16.5. The first-order valence-corrected chi connectivity index (χ1v) is 10.1. The summed E-state index contributed by atoms with van der Waals surface area (Å²) in [7, 11) is 1.69. The van der Waals surface area contributed by atoms with Crippen LogP contribution in [0.25, 0.3) is 10.9 Å². The quantitative estimate of drug-likeness (QED) is 0.737. The van der Waals surface area contributed by atoms with Crippen molar-refractivity contribution in [3.05, 3.63) is 47.8 Å². The van der Waals surface area contributed by atoms with Gasteiger partial charge in [0.25, 0.3) is 0 Å². The van der Waals surface area contributed by atoms with E-state index >= 15 is 0 Å². The fourth-order valence-corrected chi connectivity index (χ4v) is 4.18. The number of anilines is 2. The average molecular weight is 375 g/mol. The number of benzene rings is 1. The highest BCUT2D eigenvalue weighted by molar-refractivity contribution is 5.92. The molecule has 5 rings (SSSR count). The number of rotatable bonds is 5. The SMILES string of the molecule is COc1ccc2nccc(NCC3CN(c4cc5c(nn4)CCCC5)C3)c2c1. The predicted molar refractivity (Wildman–Crippen MR) is 111 cm³/mol. The highest BCUT2D eigenvalue weighted by Gasteiger charge is 2.28. The van der Waals surface area contributed by atoms with Crippen LogP contribution in [0.15, 0.2) is 36.5 Å². The van der Waals surface area contributed by atoms with Gasteiger partial charge in [-0.25, -0.2) is 0 Å². The molecule has 1 N–H and O–H groups in total. The van der Waals surface area contributed by atoms with E-state index in [0.717, 1.165) is 60.6 Å². The first-order chi connectivity index (χ1) is 13.8. The molecule has 3 aromatic rings. The van der Waals surface area contributed by atoms with Crippen LogP contribution >= 0.6 is 0 Å². The smallest absolute Gasteiger partial charge is 0.151 e. The fraction of sp³-hybridized carbons (Fsp3) is 0.409. The molecule has 144 valence electrons. The molecule has 6 heteroatoms. The number of aryl methyl sites for hydroxylation is 2. The summed E-state index contributed by atoms with van der Waals surface area (Å²) in [6.45, 7) is 2.98. The van der Waals surface area contributed by atoms with Gasteiger partial charge in [0.1, 0.15) is 5.75 Å². The fourth-order valence-electron chi connectivity index (χ4n) is 4.18. The van der Waals surface area contributed by atoms with Crippen LogP contribution in [0.5, 0.6) is 5.75 Å². The molecule has 0 spiro atoms. The van der Waals surface area contributed by atoms with Crippen LogP contribution in [0.2, 0.25) is 0 Å². The zero-order chi connectivity index (χ0) is 18.9. The molecular formula is C22H25N5O. The molecule has 0 radical (unpaired) electrons. The summed E-state index contributed by atoms with van der Waals surface area (Å²) in [5.41, 5.74) is 4.69. The van der Waals surface area contributed by atoms with Crippen molar-refractivity contribution in [3.8, 4) is 5.75 Å². The predicted octanol–water partition coefficient (Wildman–Crippen LogP) is 3.46. The standard InChI is InChI=1S/C22H25N5O/c1-28-17-6-7-20-18(11-17)21(8-9-23-20)24-12-15-13-27(14-15)22-10-16-4-2-3-5-19(16)25-26-22/h6-11,15H,2-5,12-14H2,1H3,(H,23,24). The number of ether oxygens (including phenoxy) is 1. The maximum absolute atomic E-state index is 5.36. The van der Waals surface area contributed by atoms with Crippen LogP contribution < -0.4 is 15.0 Å². The zero-order valence-electron chi connectivity index (χ0n) is 16.2. The number of nitrogens with zero attached hydrogens (tertiary/aromatic N) is 4. The van der Waals surface area contributed by atoms with Gasteiger partial charge in [0, 0.05) is 42.8 Å². The van der Waals surface area contributed by atoms with E-state index in [1.807, 2.05) is 30.5 Å². The second-order valence-corrected chi connectivity index (χ2v) is 7.78. The van der Waals surface area contributed by atoms with Crippen LogP contribution in [-0.2, 0) is 12.8 Å². The Balaban J connectivity index is 1.22. The molecule has 6 nitrogen and oxygen atoms in total. The van der Waals surface area contributed by atoms with Gasteiger partial charge in [0.05, 0.1) is 18.3 Å². The van der Waals surface area contributed by atoms with E-state index in [2.05, 4.69) is 31.5 Å². The summed E-state index contributed by atoms with van der Waals surface area (Å²) in [4.78, 5) is 6.78. The van der Waals surface area contributed by atoms with E-state index in [9.17, 15) is 0 Å². The average Bonchev–Trinajstić information content (AvgIpc) is 2.72. The van der Waals surface area contributed by atoms with E-state index < -0.39 is 0 Å². The Morgan fingerprint density at radius 2 is 2.00 bits per heavy atom. The molecule has 3 heterocycles.